The van der Waals surface area contributed by atoms with Crippen LogP contribution in [0.3, 0.4) is 0 Å². The number of carbonyl (C=O) groups is 9. The normalized spacial score (nSPS) is 13.7. The van der Waals surface area contributed by atoms with Crippen molar-refractivity contribution in [3.8, 4) is 0 Å². The van der Waals surface area contributed by atoms with Gasteiger partial charge in [0, 0.05) is 80.9 Å². The number of hydrogen-bond donors (Lipinski definition) is 3. The molecule has 0 fully saturated rings. The van der Waals surface area contributed by atoms with Gasteiger partial charge in [0.15, 0.2) is 19.7 Å². The Morgan fingerprint density at radius 3 is 1.16 bits per heavy atom. The largest absolute Gasteiger partial charge is 0.519 e. The number of esters is 4. The lowest BCUT2D eigenvalue weighted by Gasteiger charge is -2.31. The fourth-order valence-corrected chi connectivity index (χ4v) is 11.2. The van der Waals surface area contributed by atoms with Gasteiger partial charge in [-0.1, -0.05) is 56.0 Å². The Bertz CT molecular complexity index is 3410. The standard InChI is InChI=1S/C13H17NO4S.C13H17NO2S.C10H18O5.C8H9NO2S.C8H9NS.4C3H6O2.C2HF3O2.CH4/c1-13(2,3)18-12(15)14-8-9-19(16,17)11-7-5-4-6-10(11)14;1-13(2,3)16-12(15)14-8-9-17-11-7-5-4-6-10(11)14;1-9(2,3)14-7(11)13-8(12)15-10(4,5)6;10-12(11)6-5-9-7-3-1-2-4-8(7)12;1-2-4-8-7(3-1)9-5-6-10-8;4*1-3(4)5-2;3-2(4,5)1(6)7;/h4-7H,8-9H2,1-3H3;4-7H,8-9H2,1-3H3;1-6H3;1-4,9H,5-6H2;1-4,9H,5-6H2;4*1-2H3;(H,6,7);1H4. The van der Waals surface area contributed by atoms with E-state index in [9.17, 15) is 68.4 Å². The number of halogens is 3. The van der Waals surface area contributed by atoms with Gasteiger partial charge < -0.3 is 58.4 Å². The zero-order chi connectivity index (χ0) is 77.6. The van der Waals surface area contributed by atoms with Crippen LogP contribution in [0.4, 0.5) is 55.1 Å². The van der Waals surface area contributed by atoms with E-state index >= 15 is 0 Å². The summed E-state index contributed by atoms with van der Waals surface area (Å²) in [6, 6.07) is 29.8. The van der Waals surface area contributed by atoms with Gasteiger partial charge >= 0.3 is 60.5 Å². The van der Waals surface area contributed by atoms with Crippen LogP contribution in [0.5, 0.6) is 0 Å². The number of amides is 2. The molecule has 0 atom stereocenters. The van der Waals surface area contributed by atoms with E-state index in [1.807, 2.05) is 62.9 Å². The smallest absolute Gasteiger partial charge is 0.475 e. The average Bonchev–Trinajstić information content (AvgIpc) is 0.781. The molecule has 4 heterocycles. The van der Waals surface area contributed by atoms with E-state index in [4.69, 9.17) is 28.8 Å². The molecule has 0 unspecified atom stereocenters. The second-order valence-corrected chi connectivity index (χ2v) is 30.4. The maximum Gasteiger partial charge on any atom is 0.519 e. The van der Waals surface area contributed by atoms with Crippen LogP contribution in [0.25, 0.3) is 0 Å². The first-order valence-corrected chi connectivity index (χ1v) is 35.3. The summed E-state index contributed by atoms with van der Waals surface area (Å²) in [5.74, 6) is -1.52. The average molecular weight is 1510 g/mol. The first-order valence-electron chi connectivity index (χ1n) is 30.0. The number of hydrogen-bond acceptors (Lipinski definition) is 26. The van der Waals surface area contributed by atoms with Gasteiger partial charge in [0.05, 0.1) is 66.8 Å². The molecule has 570 valence electrons. The number of para-hydroxylation sites is 4. The molecule has 8 rings (SSSR count). The van der Waals surface area contributed by atoms with Crippen LogP contribution in [0.2, 0.25) is 0 Å². The maximum absolute atomic E-state index is 12.1. The van der Waals surface area contributed by atoms with Crippen LogP contribution in [-0.2, 0) is 86.3 Å². The summed E-state index contributed by atoms with van der Waals surface area (Å²) in [6.45, 7) is 28.9. The van der Waals surface area contributed by atoms with E-state index < -0.39 is 72.6 Å². The molecule has 34 heteroatoms. The van der Waals surface area contributed by atoms with Gasteiger partial charge in [-0.05, 0) is 132 Å². The number of anilines is 4. The van der Waals surface area contributed by atoms with E-state index in [1.165, 1.54) is 83.4 Å². The maximum atomic E-state index is 12.1. The molecule has 0 saturated carbocycles. The lowest BCUT2D eigenvalue weighted by molar-refractivity contribution is -0.192. The van der Waals surface area contributed by atoms with Crippen molar-refractivity contribution < 1.29 is 121 Å². The Balaban J connectivity index is -0.00000110. The third-order valence-electron chi connectivity index (χ3n) is 10.8. The molecule has 4 aliphatic heterocycles. The minimum atomic E-state index is -5.08. The summed E-state index contributed by atoms with van der Waals surface area (Å²) in [6.07, 6.45) is -7.98. The lowest BCUT2D eigenvalue weighted by atomic mass is 10.2. The molecule has 0 spiro atoms. The lowest BCUT2D eigenvalue weighted by Crippen LogP contribution is -2.42. The summed E-state index contributed by atoms with van der Waals surface area (Å²) in [5, 5.41) is 13.5. The number of aliphatic carboxylic acids is 1. The Morgan fingerprint density at radius 1 is 0.446 bits per heavy atom. The van der Waals surface area contributed by atoms with Crippen molar-refractivity contribution in [3.05, 3.63) is 97.1 Å². The van der Waals surface area contributed by atoms with E-state index in [0.29, 0.717) is 23.7 Å². The molecule has 3 N–H and O–H groups in total. The Kier molecular flexibility index (Phi) is 44.1. The molecule has 101 heavy (non-hydrogen) atoms. The molecule has 0 bridgehead atoms. The van der Waals surface area contributed by atoms with Crippen LogP contribution in [0.15, 0.2) is 117 Å². The van der Waals surface area contributed by atoms with E-state index in [-0.39, 0.29) is 60.3 Å². The molecule has 4 aromatic rings. The fraction of sp³-hybridized carbons (Fsp3) is 0.507. The molecule has 0 saturated heterocycles. The minimum absolute atomic E-state index is 0. The molecule has 4 aliphatic rings. The van der Waals surface area contributed by atoms with Crippen LogP contribution in [-0.4, -0.2) is 182 Å². The first-order chi connectivity index (χ1) is 45.9. The number of ether oxygens (including phenoxy) is 9. The van der Waals surface area contributed by atoms with Crippen LogP contribution in [0.1, 0.15) is 118 Å². The zero-order valence-corrected chi connectivity index (χ0v) is 63.3. The van der Waals surface area contributed by atoms with Crippen LogP contribution < -0.4 is 20.4 Å². The number of carboxylic acid groups (broad SMARTS) is 1. The molecule has 2 amide bonds. The van der Waals surface area contributed by atoms with Crippen LogP contribution >= 0.6 is 23.5 Å². The number of nitrogens with zero attached hydrogens (tertiary/aromatic N) is 2. The monoisotopic (exact) mass is 1510 g/mol. The van der Waals surface area contributed by atoms with Crippen molar-refractivity contribution >= 4 is 120 Å². The van der Waals surface area contributed by atoms with Gasteiger partial charge in [-0.15, -0.1) is 23.5 Å². The quantitative estimate of drug-likeness (QED) is 0.0836. The molecular weight excluding hydrogens is 1410 g/mol. The zero-order valence-electron chi connectivity index (χ0n) is 60.0. The van der Waals surface area contributed by atoms with Gasteiger partial charge in [0.2, 0.25) is 0 Å². The van der Waals surface area contributed by atoms with Crippen molar-refractivity contribution in [2.24, 2.45) is 0 Å². The molecule has 0 aromatic heterocycles. The second kappa shape index (κ2) is 46.1. The number of alkyl halides is 3. The molecular formula is C67H99F3N4O23S4. The van der Waals surface area contributed by atoms with Gasteiger partial charge in [-0.2, -0.15) is 13.2 Å². The number of carboxylic acids is 1. The molecule has 4 aromatic carbocycles. The summed E-state index contributed by atoms with van der Waals surface area (Å²) in [4.78, 5) is 99.7. The van der Waals surface area contributed by atoms with Crippen molar-refractivity contribution in [2.45, 2.75) is 166 Å². The number of nitrogens with one attached hydrogen (secondary N) is 2. The molecule has 0 radical (unpaired) electrons. The topological polar surface area (TPSA) is 356 Å². The molecule has 0 aliphatic carbocycles. The predicted molar refractivity (Wildman–Crippen MR) is 380 cm³/mol. The Morgan fingerprint density at radius 2 is 0.772 bits per heavy atom. The number of carbonyl (C=O) groups excluding carboxylic acids is 8. The van der Waals surface area contributed by atoms with E-state index in [2.05, 4.69) is 58.6 Å². The number of rotatable bonds is 0. The third kappa shape index (κ3) is 45.1. The predicted octanol–water partition coefficient (Wildman–Crippen LogP) is 13.7. The fourth-order valence-electron chi connectivity index (χ4n) is 6.58. The van der Waals surface area contributed by atoms with Gasteiger partial charge in [0.1, 0.15) is 22.4 Å². The van der Waals surface area contributed by atoms with Crippen molar-refractivity contribution in [2.75, 3.05) is 98.1 Å². The minimum Gasteiger partial charge on any atom is -0.475 e. The number of methoxy groups -OCH3 is 4. The summed E-state index contributed by atoms with van der Waals surface area (Å²) >= 11 is 3.70. The van der Waals surface area contributed by atoms with Crippen LogP contribution in [0, 0.1) is 0 Å². The summed E-state index contributed by atoms with van der Waals surface area (Å²) < 4.78 is 119. The second-order valence-electron chi connectivity index (χ2n) is 24.0. The summed E-state index contributed by atoms with van der Waals surface area (Å²) in [7, 11) is -0.908. The van der Waals surface area contributed by atoms with E-state index in [1.54, 1.807) is 115 Å². The SMILES string of the molecule is C.CC(C)(C)OC(=O)N1CCS(=O)(=O)c2ccccc21.CC(C)(C)OC(=O)N1CCSc2ccccc21.CC(C)(C)OC(=O)OC(=O)OC(C)(C)C.COC(C)=O.COC(C)=O.COC(C)=O.COC(C)=O.O=C(O)C(F)(F)F.O=S1(=O)CCNc2ccccc21.c1ccc2c(c1)NCCS2. The number of sulfone groups is 2. The van der Waals surface area contributed by atoms with Crippen molar-refractivity contribution in [1.82, 2.24) is 0 Å². The van der Waals surface area contributed by atoms with Gasteiger partial charge in [-0.25, -0.2) is 40.8 Å². The van der Waals surface area contributed by atoms with Crippen molar-refractivity contribution in [3.63, 3.8) is 0 Å². The first kappa shape index (κ1) is 96.7. The number of fused-ring (bicyclic) bond motifs is 4. The Hall–Kier alpha value is -8.50. The van der Waals surface area contributed by atoms with E-state index in [0.717, 1.165) is 28.6 Å². The number of thioether (sulfide) groups is 2. The Labute approximate surface area is 599 Å². The number of benzene rings is 4. The van der Waals surface area contributed by atoms with Gasteiger partial charge in [-0.3, -0.25) is 29.0 Å². The highest BCUT2D eigenvalue weighted by Crippen LogP contribution is 2.36. The van der Waals surface area contributed by atoms with Gasteiger partial charge in [0.25, 0.3) is 0 Å². The third-order valence-corrected chi connectivity index (χ3v) is 16.5. The highest BCUT2D eigenvalue weighted by Gasteiger charge is 2.38. The molecule has 27 nitrogen and oxygen atoms in total. The highest BCUT2D eigenvalue weighted by molar-refractivity contribution is 7.99. The summed E-state index contributed by atoms with van der Waals surface area (Å²) in [5.41, 5.74) is 0.917. The highest BCUT2D eigenvalue weighted by atomic mass is 32.2. The van der Waals surface area contributed by atoms with Crippen molar-refractivity contribution in [1.29, 1.82) is 0 Å².